The van der Waals surface area contributed by atoms with Crippen molar-refractivity contribution in [1.82, 2.24) is 19.8 Å². The van der Waals surface area contributed by atoms with E-state index in [1.807, 2.05) is 11.9 Å². The summed E-state index contributed by atoms with van der Waals surface area (Å²) < 4.78 is 7.93. The number of nitrogens with zero attached hydrogens (tertiary/aromatic N) is 3. The highest BCUT2D eigenvalue weighted by Crippen LogP contribution is 2.38. The fourth-order valence-electron chi connectivity index (χ4n) is 4.02. The fourth-order valence-corrected chi connectivity index (χ4v) is 4.02. The van der Waals surface area contributed by atoms with Gasteiger partial charge in [-0.3, -0.25) is 9.59 Å². The third-order valence-corrected chi connectivity index (χ3v) is 5.52. The molecule has 7 heteroatoms. The summed E-state index contributed by atoms with van der Waals surface area (Å²) in [5.74, 6) is 0.663. The van der Waals surface area contributed by atoms with Crippen molar-refractivity contribution in [3.05, 3.63) is 18.2 Å². The molecule has 1 aromatic rings. The molecule has 2 aliphatic rings. The first-order valence-corrected chi connectivity index (χ1v) is 9.13. The molecule has 1 N–H and O–H groups in total. The van der Waals surface area contributed by atoms with E-state index in [-0.39, 0.29) is 17.4 Å². The van der Waals surface area contributed by atoms with Gasteiger partial charge in [-0.2, -0.15) is 0 Å². The van der Waals surface area contributed by atoms with E-state index in [4.69, 9.17) is 4.74 Å². The fraction of sp³-hybridized carbons (Fsp3) is 0.722. The van der Waals surface area contributed by atoms with Gasteiger partial charge >= 0.3 is 0 Å². The maximum atomic E-state index is 12.6. The van der Waals surface area contributed by atoms with Crippen LogP contribution in [0.3, 0.4) is 0 Å². The van der Waals surface area contributed by atoms with Crippen molar-refractivity contribution in [2.24, 2.45) is 13.0 Å². The Morgan fingerprint density at radius 1 is 1.40 bits per heavy atom. The van der Waals surface area contributed by atoms with Gasteiger partial charge in [0.15, 0.2) is 0 Å². The van der Waals surface area contributed by atoms with Crippen molar-refractivity contribution >= 4 is 11.8 Å². The molecular formula is C18H28N4O3. The molecule has 7 nitrogen and oxygen atoms in total. The largest absolute Gasteiger partial charge is 0.375 e. The summed E-state index contributed by atoms with van der Waals surface area (Å²) in [4.78, 5) is 29.6. The zero-order chi connectivity index (χ0) is 17.9. The van der Waals surface area contributed by atoms with Crippen LogP contribution in [0.5, 0.6) is 0 Å². The number of imidazole rings is 1. The number of ether oxygens (including phenoxy) is 1. The Morgan fingerprint density at radius 3 is 2.80 bits per heavy atom. The summed E-state index contributed by atoms with van der Waals surface area (Å²) in [6.45, 7) is 4.52. The quantitative estimate of drug-likeness (QED) is 0.891. The van der Waals surface area contributed by atoms with Gasteiger partial charge in [-0.05, 0) is 38.0 Å². The molecular weight excluding hydrogens is 320 g/mol. The number of rotatable bonds is 4. The van der Waals surface area contributed by atoms with E-state index in [2.05, 4.69) is 10.3 Å². The van der Waals surface area contributed by atoms with Gasteiger partial charge in [-0.1, -0.05) is 0 Å². The molecule has 138 valence electrons. The number of aromatic nitrogens is 2. The molecule has 3 rings (SSSR count). The molecule has 0 bridgehead atoms. The van der Waals surface area contributed by atoms with E-state index >= 15 is 0 Å². The van der Waals surface area contributed by atoms with Gasteiger partial charge in [0.05, 0.1) is 18.1 Å². The Kier molecular flexibility index (Phi) is 5.42. The van der Waals surface area contributed by atoms with Crippen LogP contribution in [0.25, 0.3) is 0 Å². The monoisotopic (exact) mass is 348 g/mol. The van der Waals surface area contributed by atoms with Crippen molar-refractivity contribution in [2.45, 2.75) is 44.6 Å². The molecule has 0 saturated carbocycles. The number of carbonyl (C=O) groups is 2. The van der Waals surface area contributed by atoms with E-state index < -0.39 is 0 Å². The molecule has 1 atom stereocenters. The number of likely N-dealkylation sites (tertiary alicyclic amines) is 1. The molecule has 1 unspecified atom stereocenters. The van der Waals surface area contributed by atoms with Gasteiger partial charge in [0.1, 0.15) is 5.69 Å². The van der Waals surface area contributed by atoms with Crippen LogP contribution in [0.2, 0.25) is 0 Å². The van der Waals surface area contributed by atoms with Crippen LogP contribution in [0.1, 0.15) is 49.5 Å². The van der Waals surface area contributed by atoms with E-state index in [0.717, 1.165) is 58.3 Å². The first-order chi connectivity index (χ1) is 12.0. The lowest BCUT2D eigenvalue weighted by atomic mass is 9.78. The topological polar surface area (TPSA) is 76.5 Å². The minimum atomic E-state index is -0.0949. The normalized spacial score (nSPS) is 22.8. The minimum absolute atomic E-state index is 0.0313. The van der Waals surface area contributed by atoms with Gasteiger partial charge < -0.3 is 19.5 Å². The molecule has 1 aromatic heterocycles. The van der Waals surface area contributed by atoms with Crippen LogP contribution in [-0.4, -0.2) is 58.1 Å². The average Bonchev–Trinajstić information content (AvgIpc) is 3.01. The smallest absolute Gasteiger partial charge is 0.272 e. The Labute approximate surface area is 148 Å². The molecule has 25 heavy (non-hydrogen) atoms. The summed E-state index contributed by atoms with van der Waals surface area (Å²) in [6.07, 6.45) is 8.13. The lowest BCUT2D eigenvalue weighted by molar-refractivity contribution is -0.125. The van der Waals surface area contributed by atoms with Crippen LogP contribution < -0.4 is 5.32 Å². The molecule has 1 spiro atoms. The second-order valence-electron chi connectivity index (χ2n) is 7.34. The van der Waals surface area contributed by atoms with Crippen molar-refractivity contribution in [3.8, 4) is 0 Å². The number of aryl methyl sites for hydroxylation is 1. The van der Waals surface area contributed by atoms with Crippen molar-refractivity contribution in [2.75, 3.05) is 26.2 Å². The van der Waals surface area contributed by atoms with E-state index in [9.17, 15) is 9.59 Å². The van der Waals surface area contributed by atoms with Gasteiger partial charge in [0.2, 0.25) is 5.91 Å². The molecule has 3 heterocycles. The third-order valence-electron chi connectivity index (χ3n) is 5.52. The maximum absolute atomic E-state index is 12.6. The summed E-state index contributed by atoms with van der Waals surface area (Å²) in [7, 11) is 1.84. The van der Waals surface area contributed by atoms with Crippen molar-refractivity contribution in [1.29, 1.82) is 0 Å². The van der Waals surface area contributed by atoms with Crippen molar-refractivity contribution in [3.63, 3.8) is 0 Å². The van der Waals surface area contributed by atoms with Crippen LogP contribution in [0.15, 0.2) is 12.5 Å². The number of amides is 2. The van der Waals surface area contributed by atoms with Crippen molar-refractivity contribution < 1.29 is 14.3 Å². The van der Waals surface area contributed by atoms with Crippen LogP contribution in [0.4, 0.5) is 0 Å². The Bertz CT molecular complexity index is 620. The molecule has 2 amide bonds. The van der Waals surface area contributed by atoms with E-state index in [1.165, 1.54) is 0 Å². The van der Waals surface area contributed by atoms with E-state index in [1.54, 1.807) is 24.0 Å². The van der Waals surface area contributed by atoms with E-state index in [0.29, 0.717) is 11.6 Å². The van der Waals surface area contributed by atoms with Crippen LogP contribution >= 0.6 is 0 Å². The standard InChI is InChI=1S/C18H28N4O3/c1-14(23)20-7-3-15-4-10-25-18(11-15)5-8-22(9-6-18)17(24)16-12-19-13-21(16)2/h12-13,15H,3-11H2,1-2H3,(H,20,23). The predicted octanol–water partition coefficient (Wildman–Crippen LogP) is 1.35. The Hall–Kier alpha value is -1.89. The Balaban J connectivity index is 1.52. The average molecular weight is 348 g/mol. The molecule has 0 aliphatic carbocycles. The number of piperidine rings is 1. The zero-order valence-corrected chi connectivity index (χ0v) is 15.2. The number of nitrogens with one attached hydrogen (secondary N) is 1. The van der Waals surface area contributed by atoms with Gasteiger partial charge in [0, 0.05) is 40.2 Å². The number of hydrogen-bond donors (Lipinski definition) is 1. The molecule has 0 radical (unpaired) electrons. The summed E-state index contributed by atoms with van der Waals surface area (Å²) in [5, 5.41) is 2.89. The number of hydrogen-bond acceptors (Lipinski definition) is 4. The third kappa shape index (κ3) is 4.21. The SMILES string of the molecule is CC(=O)NCCC1CCOC2(CCN(C(=O)c3cncn3C)CC2)C1. The Morgan fingerprint density at radius 2 is 2.16 bits per heavy atom. The highest BCUT2D eigenvalue weighted by molar-refractivity contribution is 5.92. The van der Waals surface area contributed by atoms with Crippen LogP contribution in [0, 0.1) is 5.92 Å². The molecule has 2 fully saturated rings. The minimum Gasteiger partial charge on any atom is -0.375 e. The summed E-state index contributed by atoms with van der Waals surface area (Å²) in [5.41, 5.74) is 0.538. The van der Waals surface area contributed by atoms with Gasteiger partial charge in [-0.15, -0.1) is 0 Å². The highest BCUT2D eigenvalue weighted by Gasteiger charge is 2.41. The molecule has 2 saturated heterocycles. The zero-order valence-electron chi connectivity index (χ0n) is 15.2. The second-order valence-corrected chi connectivity index (χ2v) is 7.34. The second kappa shape index (κ2) is 7.56. The lowest BCUT2D eigenvalue weighted by Crippen LogP contribution is -2.51. The lowest BCUT2D eigenvalue weighted by Gasteiger charge is -2.46. The molecule has 0 aromatic carbocycles. The summed E-state index contributed by atoms with van der Waals surface area (Å²) in [6, 6.07) is 0. The predicted molar refractivity (Wildman–Crippen MR) is 93.1 cm³/mol. The maximum Gasteiger partial charge on any atom is 0.272 e. The first kappa shape index (κ1) is 17.9. The summed E-state index contributed by atoms with van der Waals surface area (Å²) >= 11 is 0. The molecule has 2 aliphatic heterocycles. The highest BCUT2D eigenvalue weighted by atomic mass is 16.5. The van der Waals surface area contributed by atoms with Gasteiger partial charge in [0.25, 0.3) is 5.91 Å². The van der Waals surface area contributed by atoms with Crippen LogP contribution in [-0.2, 0) is 16.6 Å². The first-order valence-electron chi connectivity index (χ1n) is 9.13. The number of carbonyl (C=O) groups excluding carboxylic acids is 2. The van der Waals surface area contributed by atoms with Gasteiger partial charge in [-0.25, -0.2) is 4.98 Å².